The molecule has 2 heteroatoms. The fourth-order valence-corrected chi connectivity index (χ4v) is 2.72. The maximum atomic E-state index is 11.0. The number of pyridine rings is 1. The molecule has 1 atom stereocenters. The highest BCUT2D eigenvalue weighted by Crippen LogP contribution is 2.39. The molecule has 0 radical (unpaired) electrons. The summed E-state index contributed by atoms with van der Waals surface area (Å²) in [5, 5.41) is 11.0. The minimum atomic E-state index is -0.858. The van der Waals surface area contributed by atoms with Gasteiger partial charge in [-0.2, -0.15) is 0 Å². The molecule has 0 amide bonds. The third kappa shape index (κ3) is 1.65. The summed E-state index contributed by atoms with van der Waals surface area (Å²) in [7, 11) is 0. The van der Waals surface area contributed by atoms with Gasteiger partial charge >= 0.3 is 0 Å². The molecule has 0 spiro atoms. The minimum Gasteiger partial charge on any atom is -0.380 e. The van der Waals surface area contributed by atoms with Crippen LogP contribution in [-0.4, -0.2) is 10.1 Å². The van der Waals surface area contributed by atoms with E-state index in [1.54, 1.807) is 12.4 Å². The third-order valence-corrected chi connectivity index (χ3v) is 3.59. The zero-order valence-electron chi connectivity index (χ0n) is 9.63. The van der Waals surface area contributed by atoms with Crippen molar-refractivity contribution in [2.45, 2.75) is 24.9 Å². The van der Waals surface area contributed by atoms with Crippen molar-refractivity contribution < 1.29 is 5.11 Å². The maximum Gasteiger partial charge on any atom is 0.116 e. The van der Waals surface area contributed by atoms with E-state index in [2.05, 4.69) is 11.1 Å². The average Bonchev–Trinajstić information content (AvgIpc) is 2.40. The van der Waals surface area contributed by atoms with E-state index in [9.17, 15) is 5.11 Å². The van der Waals surface area contributed by atoms with Crippen LogP contribution in [0.15, 0.2) is 48.8 Å². The van der Waals surface area contributed by atoms with Crippen LogP contribution in [0, 0.1) is 0 Å². The third-order valence-electron chi connectivity index (χ3n) is 3.59. The standard InChI is InChI=1S/C15H15NO/c17-15(13-7-4-10-16-11-13)9-3-6-12-5-1-2-8-14(12)15/h1-2,4-5,7-8,10-11,17H,3,6,9H2. The predicted octanol–water partition coefficient (Wildman–Crippen LogP) is 2.65. The number of hydrogen-bond acceptors (Lipinski definition) is 2. The van der Waals surface area contributed by atoms with Gasteiger partial charge in [-0.3, -0.25) is 4.98 Å². The Morgan fingerprint density at radius 1 is 1.12 bits per heavy atom. The second kappa shape index (κ2) is 3.97. The second-order valence-electron chi connectivity index (χ2n) is 4.61. The zero-order valence-corrected chi connectivity index (χ0v) is 9.63. The Kier molecular flexibility index (Phi) is 2.45. The molecule has 0 fully saturated rings. The molecule has 1 N–H and O–H groups in total. The van der Waals surface area contributed by atoms with Gasteiger partial charge in [-0.15, -0.1) is 0 Å². The van der Waals surface area contributed by atoms with Gasteiger partial charge in [0.2, 0.25) is 0 Å². The van der Waals surface area contributed by atoms with Crippen molar-refractivity contribution in [1.82, 2.24) is 4.98 Å². The van der Waals surface area contributed by atoms with Crippen molar-refractivity contribution in [3.8, 4) is 0 Å². The van der Waals surface area contributed by atoms with Crippen LogP contribution in [0.2, 0.25) is 0 Å². The molecular weight excluding hydrogens is 210 g/mol. The molecule has 86 valence electrons. The van der Waals surface area contributed by atoms with Crippen molar-refractivity contribution >= 4 is 0 Å². The van der Waals surface area contributed by atoms with Gasteiger partial charge in [-0.05, 0) is 36.5 Å². The van der Waals surface area contributed by atoms with Crippen molar-refractivity contribution in [2.24, 2.45) is 0 Å². The molecule has 2 nitrogen and oxygen atoms in total. The van der Waals surface area contributed by atoms with Crippen LogP contribution in [0.1, 0.15) is 29.5 Å². The van der Waals surface area contributed by atoms with Gasteiger partial charge in [0.25, 0.3) is 0 Å². The lowest BCUT2D eigenvalue weighted by atomic mass is 9.75. The van der Waals surface area contributed by atoms with Gasteiger partial charge in [0.1, 0.15) is 5.60 Å². The smallest absolute Gasteiger partial charge is 0.116 e. The first-order chi connectivity index (χ1) is 8.31. The summed E-state index contributed by atoms with van der Waals surface area (Å²) in [6, 6.07) is 12.0. The average molecular weight is 225 g/mol. The quantitative estimate of drug-likeness (QED) is 0.809. The summed E-state index contributed by atoms with van der Waals surface area (Å²) in [4.78, 5) is 4.12. The number of fused-ring (bicyclic) bond motifs is 1. The minimum absolute atomic E-state index is 0.774. The lowest BCUT2D eigenvalue weighted by molar-refractivity contribution is 0.0612. The number of aliphatic hydroxyl groups is 1. The highest BCUT2D eigenvalue weighted by atomic mass is 16.3. The van der Waals surface area contributed by atoms with Crippen LogP contribution < -0.4 is 0 Å². The summed E-state index contributed by atoms with van der Waals surface area (Å²) in [5.41, 5.74) is 2.33. The van der Waals surface area contributed by atoms with E-state index in [0.717, 1.165) is 30.4 Å². The van der Waals surface area contributed by atoms with Gasteiger partial charge in [0.05, 0.1) is 0 Å². The monoisotopic (exact) mass is 225 g/mol. The predicted molar refractivity (Wildman–Crippen MR) is 66.6 cm³/mol. The summed E-state index contributed by atoms with van der Waals surface area (Å²) in [5.74, 6) is 0. The van der Waals surface area contributed by atoms with E-state index in [-0.39, 0.29) is 0 Å². The van der Waals surface area contributed by atoms with E-state index < -0.39 is 5.60 Å². The Balaban J connectivity index is 2.16. The molecule has 3 rings (SSSR count). The van der Waals surface area contributed by atoms with Gasteiger partial charge in [0.15, 0.2) is 0 Å². The Bertz CT molecular complexity index is 523. The summed E-state index contributed by atoms with van der Waals surface area (Å²) in [6.07, 6.45) is 6.35. The molecule has 0 saturated heterocycles. The topological polar surface area (TPSA) is 33.1 Å². The van der Waals surface area contributed by atoms with E-state index in [0.29, 0.717) is 0 Å². The van der Waals surface area contributed by atoms with Gasteiger partial charge in [0, 0.05) is 18.0 Å². The van der Waals surface area contributed by atoms with E-state index in [1.807, 2.05) is 30.3 Å². The van der Waals surface area contributed by atoms with Crippen LogP contribution in [0.5, 0.6) is 0 Å². The Labute approximate surface area is 101 Å². The molecule has 0 saturated carbocycles. The fourth-order valence-electron chi connectivity index (χ4n) is 2.72. The highest BCUT2D eigenvalue weighted by Gasteiger charge is 2.35. The SMILES string of the molecule is OC1(c2cccnc2)CCCc2ccccc21. The molecule has 2 aromatic rings. The number of rotatable bonds is 1. The van der Waals surface area contributed by atoms with Gasteiger partial charge in [-0.25, -0.2) is 0 Å². The van der Waals surface area contributed by atoms with Crippen molar-refractivity contribution in [3.63, 3.8) is 0 Å². The fraction of sp³-hybridized carbons (Fsp3) is 0.267. The molecular formula is C15H15NO. The van der Waals surface area contributed by atoms with Crippen LogP contribution in [0.25, 0.3) is 0 Å². The first-order valence-electron chi connectivity index (χ1n) is 6.02. The molecule has 1 aromatic carbocycles. The summed E-state index contributed by atoms with van der Waals surface area (Å²) in [6.45, 7) is 0. The van der Waals surface area contributed by atoms with Crippen molar-refractivity contribution in [2.75, 3.05) is 0 Å². The number of nitrogens with zero attached hydrogens (tertiary/aromatic N) is 1. The highest BCUT2D eigenvalue weighted by molar-refractivity contribution is 5.41. The summed E-state index contributed by atoms with van der Waals surface area (Å²) < 4.78 is 0. The van der Waals surface area contributed by atoms with E-state index in [1.165, 1.54) is 5.56 Å². The normalized spacial score (nSPS) is 23.1. The van der Waals surface area contributed by atoms with Gasteiger partial charge < -0.3 is 5.11 Å². The molecule has 1 unspecified atom stereocenters. The first kappa shape index (κ1) is 10.5. The number of aromatic nitrogens is 1. The first-order valence-corrected chi connectivity index (χ1v) is 6.02. The van der Waals surface area contributed by atoms with Crippen LogP contribution in [0.3, 0.4) is 0 Å². The number of aryl methyl sites for hydroxylation is 1. The maximum absolute atomic E-state index is 11.0. The molecule has 17 heavy (non-hydrogen) atoms. The lowest BCUT2D eigenvalue weighted by Gasteiger charge is -2.34. The van der Waals surface area contributed by atoms with Crippen LogP contribution in [-0.2, 0) is 12.0 Å². The van der Waals surface area contributed by atoms with Crippen LogP contribution >= 0.6 is 0 Å². The molecule has 1 aromatic heterocycles. The second-order valence-corrected chi connectivity index (χ2v) is 4.61. The van der Waals surface area contributed by atoms with Gasteiger partial charge in [-0.1, -0.05) is 30.3 Å². The molecule has 0 aliphatic heterocycles. The molecule has 1 aliphatic rings. The molecule has 1 aliphatic carbocycles. The number of benzene rings is 1. The van der Waals surface area contributed by atoms with E-state index >= 15 is 0 Å². The van der Waals surface area contributed by atoms with Crippen molar-refractivity contribution in [3.05, 3.63) is 65.5 Å². The number of hydrogen-bond donors (Lipinski definition) is 1. The largest absolute Gasteiger partial charge is 0.380 e. The molecule has 0 bridgehead atoms. The zero-order chi connectivity index (χ0) is 11.7. The Hall–Kier alpha value is -1.67. The van der Waals surface area contributed by atoms with Crippen molar-refractivity contribution in [1.29, 1.82) is 0 Å². The Morgan fingerprint density at radius 3 is 2.82 bits per heavy atom. The van der Waals surface area contributed by atoms with E-state index in [4.69, 9.17) is 0 Å². The lowest BCUT2D eigenvalue weighted by Crippen LogP contribution is -2.31. The molecule has 1 heterocycles. The van der Waals surface area contributed by atoms with Crippen LogP contribution in [0.4, 0.5) is 0 Å². The summed E-state index contributed by atoms with van der Waals surface area (Å²) >= 11 is 0. The Morgan fingerprint density at radius 2 is 2.00 bits per heavy atom.